The quantitative estimate of drug-likeness (QED) is 0.332. The van der Waals surface area contributed by atoms with Gasteiger partial charge in [-0.05, 0) is 42.5 Å². The van der Waals surface area contributed by atoms with Crippen LogP contribution in [0.25, 0.3) is 21.3 Å². The molecule has 0 bridgehead atoms. The highest BCUT2D eigenvalue weighted by atomic mass is 32.1. The lowest BCUT2D eigenvalue weighted by molar-refractivity contribution is -0.119. The van der Waals surface area contributed by atoms with Crippen molar-refractivity contribution in [3.05, 3.63) is 81.7 Å². The van der Waals surface area contributed by atoms with Crippen molar-refractivity contribution >= 4 is 38.9 Å². The molecule has 0 aliphatic heterocycles. The highest BCUT2D eigenvalue weighted by Gasteiger charge is 2.23. The van der Waals surface area contributed by atoms with Crippen LogP contribution < -0.4 is 10.9 Å². The predicted molar refractivity (Wildman–Crippen MR) is 138 cm³/mol. The van der Waals surface area contributed by atoms with Crippen LogP contribution >= 0.6 is 11.3 Å². The maximum absolute atomic E-state index is 13.6. The molecule has 1 N–H and O–H groups in total. The second-order valence-electron chi connectivity index (χ2n) is 8.61. The second kappa shape index (κ2) is 9.73. The average Bonchev–Trinajstić information content (AvgIpc) is 3.26. The molecule has 7 heteroatoms. The van der Waals surface area contributed by atoms with Crippen molar-refractivity contribution < 1.29 is 9.59 Å². The van der Waals surface area contributed by atoms with Crippen molar-refractivity contribution in [2.24, 2.45) is 0 Å². The first-order valence-corrected chi connectivity index (χ1v) is 12.2. The van der Waals surface area contributed by atoms with Crippen LogP contribution in [0, 0.1) is 0 Å². The second-order valence-corrected chi connectivity index (χ2v) is 9.47. The van der Waals surface area contributed by atoms with Crippen molar-refractivity contribution in [2.45, 2.75) is 46.1 Å². The first-order valence-electron chi connectivity index (χ1n) is 11.3. The predicted octanol–water partition coefficient (Wildman–Crippen LogP) is 6.04. The Morgan fingerprint density at radius 2 is 1.85 bits per heavy atom. The normalized spacial score (nSPS) is 12.1. The van der Waals surface area contributed by atoms with Crippen LogP contribution in [0.5, 0.6) is 0 Å². The average molecular weight is 474 g/mol. The lowest BCUT2D eigenvalue weighted by atomic mass is 9.99. The van der Waals surface area contributed by atoms with Crippen LogP contribution in [-0.2, 0) is 4.79 Å². The van der Waals surface area contributed by atoms with Crippen molar-refractivity contribution in [3.63, 3.8) is 0 Å². The number of Topliss-reactive ketones (excluding diaryl/α,β-unsaturated/α-hetero) is 1. The summed E-state index contributed by atoms with van der Waals surface area (Å²) in [5.74, 6) is 0.0112. The number of amides is 1. The largest absolute Gasteiger partial charge is 0.324 e. The Hall–Kier alpha value is -3.58. The molecule has 0 saturated carbocycles. The van der Waals surface area contributed by atoms with Gasteiger partial charge in [0.05, 0.1) is 11.7 Å². The Bertz CT molecular complexity index is 1420. The highest BCUT2D eigenvalue weighted by molar-refractivity contribution is 7.17. The summed E-state index contributed by atoms with van der Waals surface area (Å²) in [6, 6.07) is 14.2. The SMILES string of the molecule is CCC(C(=O)Nc1cccc(C(C)=O)c1)n1cnc2scc(-c3ccc(C(C)C)cc3)c2c1=O. The van der Waals surface area contributed by atoms with E-state index in [9.17, 15) is 14.4 Å². The molecular weight excluding hydrogens is 446 g/mol. The fourth-order valence-corrected chi connectivity index (χ4v) is 4.88. The van der Waals surface area contributed by atoms with Gasteiger partial charge in [0.1, 0.15) is 10.9 Å². The molecule has 0 fully saturated rings. The summed E-state index contributed by atoms with van der Waals surface area (Å²) < 4.78 is 1.41. The van der Waals surface area contributed by atoms with Crippen LogP contribution in [0.3, 0.4) is 0 Å². The first-order chi connectivity index (χ1) is 16.3. The summed E-state index contributed by atoms with van der Waals surface area (Å²) in [6.07, 6.45) is 1.86. The molecule has 2 aromatic carbocycles. The van der Waals surface area contributed by atoms with Crippen LogP contribution in [0.1, 0.15) is 62.0 Å². The van der Waals surface area contributed by atoms with E-state index in [4.69, 9.17) is 0 Å². The van der Waals surface area contributed by atoms with E-state index in [1.807, 2.05) is 24.4 Å². The number of carbonyl (C=O) groups is 2. The number of benzene rings is 2. The van der Waals surface area contributed by atoms with Gasteiger partial charge in [-0.25, -0.2) is 4.98 Å². The molecule has 4 aromatic rings. The third-order valence-corrected chi connectivity index (χ3v) is 6.86. The van der Waals surface area contributed by atoms with Gasteiger partial charge >= 0.3 is 0 Å². The van der Waals surface area contributed by atoms with E-state index in [0.29, 0.717) is 33.8 Å². The zero-order chi connectivity index (χ0) is 24.4. The van der Waals surface area contributed by atoms with Gasteiger partial charge in [0.2, 0.25) is 5.91 Å². The summed E-state index contributed by atoms with van der Waals surface area (Å²) in [5.41, 5.74) is 3.79. The van der Waals surface area contributed by atoms with E-state index in [-0.39, 0.29) is 17.2 Å². The number of anilines is 1. The van der Waals surface area contributed by atoms with Crippen LogP contribution in [0.2, 0.25) is 0 Å². The fourth-order valence-electron chi connectivity index (χ4n) is 3.98. The molecule has 0 saturated heterocycles. The molecule has 0 aliphatic rings. The van der Waals surface area contributed by atoms with Gasteiger partial charge in [0.25, 0.3) is 5.56 Å². The molecule has 6 nitrogen and oxygen atoms in total. The lowest BCUT2D eigenvalue weighted by Gasteiger charge is -2.18. The molecule has 0 radical (unpaired) electrons. The lowest BCUT2D eigenvalue weighted by Crippen LogP contribution is -2.33. The number of rotatable bonds is 7. The fraction of sp³-hybridized carbons (Fsp3) is 0.259. The summed E-state index contributed by atoms with van der Waals surface area (Å²) in [4.78, 5) is 43.5. The number of thiophene rings is 1. The Morgan fingerprint density at radius 3 is 2.50 bits per heavy atom. The molecular formula is C27H27N3O3S. The summed E-state index contributed by atoms with van der Waals surface area (Å²) in [7, 11) is 0. The molecule has 174 valence electrons. The topological polar surface area (TPSA) is 81.1 Å². The van der Waals surface area contributed by atoms with Crippen LogP contribution in [0.15, 0.2) is 65.0 Å². The number of hydrogen-bond acceptors (Lipinski definition) is 5. The zero-order valence-electron chi connectivity index (χ0n) is 19.7. The number of aromatic nitrogens is 2. The maximum Gasteiger partial charge on any atom is 0.263 e. The molecule has 1 unspecified atom stereocenters. The smallest absolute Gasteiger partial charge is 0.263 e. The highest BCUT2D eigenvalue weighted by Crippen LogP contribution is 2.32. The monoisotopic (exact) mass is 473 g/mol. The standard InChI is InChI=1S/C27H27N3O3S/c1-5-23(25(32)29-21-8-6-7-20(13-21)17(4)31)30-15-28-26-24(27(30)33)22(14-34-26)19-11-9-18(10-12-19)16(2)3/h6-16,23H,5H2,1-4H3,(H,29,32). The summed E-state index contributed by atoms with van der Waals surface area (Å²) in [5, 5.41) is 5.31. The Balaban J connectivity index is 1.70. The van der Waals surface area contributed by atoms with Gasteiger partial charge in [-0.15, -0.1) is 11.3 Å². The van der Waals surface area contributed by atoms with Gasteiger partial charge in [0, 0.05) is 22.2 Å². The number of fused-ring (bicyclic) bond motifs is 1. The molecule has 1 amide bonds. The molecule has 1 atom stereocenters. The summed E-state index contributed by atoms with van der Waals surface area (Å²) >= 11 is 1.42. The van der Waals surface area contributed by atoms with Crippen molar-refractivity contribution in [3.8, 4) is 11.1 Å². The maximum atomic E-state index is 13.6. The zero-order valence-corrected chi connectivity index (χ0v) is 20.5. The number of nitrogens with zero attached hydrogens (tertiary/aromatic N) is 2. The number of hydrogen-bond donors (Lipinski definition) is 1. The van der Waals surface area contributed by atoms with Crippen molar-refractivity contribution in [1.29, 1.82) is 0 Å². The van der Waals surface area contributed by atoms with Crippen LogP contribution in [0.4, 0.5) is 5.69 Å². The Morgan fingerprint density at radius 1 is 1.12 bits per heavy atom. The van der Waals surface area contributed by atoms with Crippen molar-refractivity contribution in [1.82, 2.24) is 9.55 Å². The van der Waals surface area contributed by atoms with E-state index < -0.39 is 6.04 Å². The van der Waals surface area contributed by atoms with Gasteiger partial charge in [-0.1, -0.05) is 57.2 Å². The minimum Gasteiger partial charge on any atom is -0.324 e. The van der Waals surface area contributed by atoms with Gasteiger partial charge < -0.3 is 5.32 Å². The van der Waals surface area contributed by atoms with E-state index in [1.54, 1.807) is 24.3 Å². The van der Waals surface area contributed by atoms with Crippen molar-refractivity contribution in [2.75, 3.05) is 5.32 Å². The number of carbonyl (C=O) groups excluding carboxylic acids is 2. The Labute approximate surface area is 202 Å². The van der Waals surface area contributed by atoms with E-state index in [2.05, 4.69) is 36.3 Å². The first kappa shape index (κ1) is 23.6. The molecule has 2 heterocycles. The van der Waals surface area contributed by atoms with E-state index in [1.165, 1.54) is 34.7 Å². The molecule has 0 spiro atoms. The number of nitrogens with one attached hydrogen (secondary N) is 1. The minimum absolute atomic E-state index is 0.0829. The van der Waals surface area contributed by atoms with Gasteiger partial charge in [-0.3, -0.25) is 19.0 Å². The third kappa shape index (κ3) is 4.56. The van der Waals surface area contributed by atoms with E-state index >= 15 is 0 Å². The van der Waals surface area contributed by atoms with Gasteiger partial charge in [0.15, 0.2) is 5.78 Å². The Kier molecular flexibility index (Phi) is 6.75. The van der Waals surface area contributed by atoms with Gasteiger partial charge in [-0.2, -0.15) is 0 Å². The molecule has 34 heavy (non-hydrogen) atoms. The van der Waals surface area contributed by atoms with E-state index in [0.717, 1.165) is 11.1 Å². The minimum atomic E-state index is -0.735. The number of ketones is 1. The van der Waals surface area contributed by atoms with Crippen LogP contribution in [-0.4, -0.2) is 21.2 Å². The molecule has 0 aliphatic carbocycles. The molecule has 4 rings (SSSR count). The third-order valence-electron chi connectivity index (χ3n) is 5.97. The molecule has 2 aromatic heterocycles. The summed E-state index contributed by atoms with van der Waals surface area (Å²) in [6.45, 7) is 7.62.